The molecule has 0 bridgehead atoms. The number of hydrogen-bond acceptors (Lipinski definition) is 5. The van der Waals surface area contributed by atoms with E-state index in [1.54, 1.807) is 4.68 Å². The van der Waals surface area contributed by atoms with Crippen molar-refractivity contribution in [1.29, 1.82) is 0 Å². The topological polar surface area (TPSA) is 81.7 Å². The molecule has 2 aromatic rings. The third-order valence-electron chi connectivity index (χ3n) is 3.22. The number of aromatic nitrogens is 6. The molecule has 0 aliphatic carbocycles. The molecule has 0 aliphatic rings. The van der Waals surface area contributed by atoms with Crippen LogP contribution in [0.5, 0.6) is 0 Å². The summed E-state index contributed by atoms with van der Waals surface area (Å²) >= 11 is 0. The molecule has 0 atom stereocenters. The van der Waals surface area contributed by atoms with Crippen LogP contribution in [0.4, 0.5) is 0 Å². The van der Waals surface area contributed by atoms with Gasteiger partial charge in [0.1, 0.15) is 5.69 Å². The predicted octanol–water partition coefficient (Wildman–Crippen LogP) is 1.43. The van der Waals surface area contributed by atoms with Crippen LogP contribution in [0.1, 0.15) is 45.1 Å². The summed E-state index contributed by atoms with van der Waals surface area (Å²) in [7, 11) is 0. The van der Waals surface area contributed by atoms with Crippen LogP contribution in [0.2, 0.25) is 0 Å². The normalized spacial score (nSPS) is 12.7. The standard InChI is InChI=1S/C14H22N6O/c1-11(2)19-9-12(15-17-19)5-7-14(3,4)20-10-13(6-8-21)16-18-20/h5,7,9-11,21H,6,8H2,1-4H3/b7-5+. The minimum Gasteiger partial charge on any atom is -0.396 e. The molecule has 0 aromatic carbocycles. The molecule has 2 aromatic heterocycles. The first-order valence-electron chi connectivity index (χ1n) is 7.06. The van der Waals surface area contributed by atoms with E-state index in [0.717, 1.165) is 11.4 Å². The van der Waals surface area contributed by atoms with Gasteiger partial charge in [0.25, 0.3) is 0 Å². The van der Waals surface area contributed by atoms with E-state index in [0.29, 0.717) is 12.5 Å². The van der Waals surface area contributed by atoms with Crippen molar-refractivity contribution in [2.24, 2.45) is 0 Å². The van der Waals surface area contributed by atoms with Gasteiger partial charge in [-0.15, -0.1) is 10.2 Å². The Morgan fingerprint density at radius 2 is 2.00 bits per heavy atom. The van der Waals surface area contributed by atoms with Crippen LogP contribution in [-0.4, -0.2) is 41.7 Å². The second-order valence-corrected chi connectivity index (χ2v) is 5.83. The Morgan fingerprint density at radius 1 is 1.24 bits per heavy atom. The number of nitrogens with zero attached hydrogens (tertiary/aromatic N) is 6. The van der Waals surface area contributed by atoms with Crippen molar-refractivity contribution in [3.63, 3.8) is 0 Å². The van der Waals surface area contributed by atoms with E-state index < -0.39 is 0 Å². The molecular weight excluding hydrogens is 268 g/mol. The van der Waals surface area contributed by atoms with Crippen LogP contribution in [0.25, 0.3) is 6.08 Å². The lowest BCUT2D eigenvalue weighted by molar-refractivity contribution is 0.298. The summed E-state index contributed by atoms with van der Waals surface area (Å²) in [5.41, 5.74) is 1.26. The van der Waals surface area contributed by atoms with Crippen LogP contribution in [0.3, 0.4) is 0 Å². The molecule has 0 saturated heterocycles. The molecule has 7 nitrogen and oxygen atoms in total. The molecule has 0 unspecified atom stereocenters. The third kappa shape index (κ3) is 3.75. The summed E-state index contributed by atoms with van der Waals surface area (Å²) in [5.74, 6) is 0. The summed E-state index contributed by atoms with van der Waals surface area (Å²) < 4.78 is 3.60. The Morgan fingerprint density at radius 3 is 2.62 bits per heavy atom. The lowest BCUT2D eigenvalue weighted by Gasteiger charge is -2.19. The fraction of sp³-hybridized carbons (Fsp3) is 0.571. The number of aliphatic hydroxyl groups is 1. The van der Waals surface area contributed by atoms with Crippen LogP contribution < -0.4 is 0 Å². The molecule has 0 spiro atoms. The second-order valence-electron chi connectivity index (χ2n) is 5.83. The van der Waals surface area contributed by atoms with Gasteiger partial charge in [-0.05, 0) is 33.8 Å². The first-order valence-corrected chi connectivity index (χ1v) is 7.06. The maximum absolute atomic E-state index is 8.92. The van der Waals surface area contributed by atoms with Crippen molar-refractivity contribution >= 4 is 6.08 Å². The van der Waals surface area contributed by atoms with Crippen LogP contribution >= 0.6 is 0 Å². The summed E-state index contributed by atoms with van der Waals surface area (Å²) in [6, 6.07) is 0.295. The van der Waals surface area contributed by atoms with Gasteiger partial charge in [-0.3, -0.25) is 0 Å². The first-order chi connectivity index (χ1) is 9.92. The van der Waals surface area contributed by atoms with Gasteiger partial charge in [-0.1, -0.05) is 16.5 Å². The Labute approximate surface area is 124 Å². The summed E-state index contributed by atoms with van der Waals surface area (Å²) in [4.78, 5) is 0. The molecule has 0 amide bonds. The highest BCUT2D eigenvalue weighted by Crippen LogP contribution is 2.17. The van der Waals surface area contributed by atoms with E-state index in [-0.39, 0.29) is 12.1 Å². The van der Waals surface area contributed by atoms with E-state index in [2.05, 4.69) is 34.5 Å². The van der Waals surface area contributed by atoms with Crippen molar-refractivity contribution in [2.45, 2.75) is 45.7 Å². The molecule has 0 radical (unpaired) electrons. The fourth-order valence-electron chi connectivity index (χ4n) is 1.79. The Balaban J connectivity index is 2.12. The zero-order chi connectivity index (χ0) is 15.5. The Hall–Kier alpha value is -2.02. The van der Waals surface area contributed by atoms with Gasteiger partial charge in [0.05, 0.1) is 17.4 Å². The van der Waals surface area contributed by atoms with Crippen LogP contribution in [0.15, 0.2) is 18.5 Å². The molecule has 21 heavy (non-hydrogen) atoms. The maximum atomic E-state index is 8.92. The van der Waals surface area contributed by atoms with E-state index in [1.807, 2.05) is 43.1 Å². The highest BCUT2D eigenvalue weighted by Gasteiger charge is 2.18. The second kappa shape index (κ2) is 6.17. The molecule has 2 heterocycles. The van der Waals surface area contributed by atoms with Crippen molar-refractivity contribution in [2.75, 3.05) is 6.61 Å². The summed E-state index contributed by atoms with van der Waals surface area (Å²) in [6.45, 7) is 8.27. The van der Waals surface area contributed by atoms with Gasteiger partial charge >= 0.3 is 0 Å². The van der Waals surface area contributed by atoms with Gasteiger partial charge < -0.3 is 5.11 Å². The lowest BCUT2D eigenvalue weighted by atomic mass is 10.1. The third-order valence-corrected chi connectivity index (χ3v) is 3.22. The van der Waals surface area contributed by atoms with Gasteiger partial charge in [0, 0.05) is 25.3 Å². The average Bonchev–Trinajstić information content (AvgIpc) is 3.06. The van der Waals surface area contributed by atoms with E-state index >= 15 is 0 Å². The van der Waals surface area contributed by atoms with Crippen molar-refractivity contribution in [3.05, 3.63) is 29.9 Å². The molecule has 0 aliphatic heterocycles. The quantitative estimate of drug-likeness (QED) is 0.870. The van der Waals surface area contributed by atoms with E-state index in [1.165, 1.54) is 0 Å². The monoisotopic (exact) mass is 290 g/mol. The number of hydrogen-bond donors (Lipinski definition) is 1. The lowest BCUT2D eigenvalue weighted by Crippen LogP contribution is -2.24. The van der Waals surface area contributed by atoms with E-state index in [4.69, 9.17) is 5.11 Å². The smallest absolute Gasteiger partial charge is 0.105 e. The van der Waals surface area contributed by atoms with Gasteiger partial charge in [0.2, 0.25) is 0 Å². The minimum atomic E-state index is -0.331. The molecule has 114 valence electrons. The molecule has 0 fully saturated rings. The zero-order valence-corrected chi connectivity index (χ0v) is 12.9. The Kier molecular flexibility index (Phi) is 4.52. The number of aliphatic hydroxyl groups excluding tert-OH is 1. The minimum absolute atomic E-state index is 0.0767. The Bertz CT molecular complexity index is 611. The van der Waals surface area contributed by atoms with Crippen molar-refractivity contribution in [3.8, 4) is 0 Å². The molecule has 7 heteroatoms. The fourth-order valence-corrected chi connectivity index (χ4v) is 1.79. The zero-order valence-electron chi connectivity index (χ0n) is 12.9. The van der Waals surface area contributed by atoms with Gasteiger partial charge in [-0.25, -0.2) is 9.36 Å². The van der Waals surface area contributed by atoms with Crippen molar-refractivity contribution in [1.82, 2.24) is 30.0 Å². The predicted molar refractivity (Wildman–Crippen MR) is 79.6 cm³/mol. The summed E-state index contributed by atoms with van der Waals surface area (Å²) in [6.07, 6.45) is 8.22. The number of rotatable bonds is 6. The molecular formula is C14H22N6O. The summed E-state index contributed by atoms with van der Waals surface area (Å²) in [5, 5.41) is 25.3. The molecule has 0 saturated carbocycles. The SMILES string of the molecule is CC(C)n1cc(/C=C/C(C)(C)n2cc(CCO)nn2)nn1. The molecule has 1 N–H and O–H groups in total. The van der Waals surface area contributed by atoms with Crippen LogP contribution in [0, 0.1) is 0 Å². The van der Waals surface area contributed by atoms with Crippen LogP contribution in [-0.2, 0) is 12.0 Å². The highest BCUT2D eigenvalue weighted by molar-refractivity contribution is 5.44. The average molecular weight is 290 g/mol. The first kappa shape index (κ1) is 15.4. The van der Waals surface area contributed by atoms with Gasteiger partial charge in [0.15, 0.2) is 0 Å². The number of allylic oxidation sites excluding steroid dienone is 1. The van der Waals surface area contributed by atoms with Gasteiger partial charge in [-0.2, -0.15) is 0 Å². The maximum Gasteiger partial charge on any atom is 0.105 e. The largest absolute Gasteiger partial charge is 0.396 e. The molecule has 2 rings (SSSR count). The van der Waals surface area contributed by atoms with Crippen molar-refractivity contribution < 1.29 is 5.11 Å². The van der Waals surface area contributed by atoms with E-state index in [9.17, 15) is 0 Å². The highest BCUT2D eigenvalue weighted by atomic mass is 16.3.